The summed E-state index contributed by atoms with van der Waals surface area (Å²) in [6.45, 7) is 13.2. The van der Waals surface area contributed by atoms with Crippen LogP contribution in [0.5, 0.6) is 11.5 Å². The van der Waals surface area contributed by atoms with E-state index in [4.69, 9.17) is 14.2 Å². The number of carbonyl (C=O) groups excluding carboxylic acids is 2. The lowest BCUT2D eigenvalue weighted by Gasteiger charge is -2.27. The third-order valence-electron chi connectivity index (χ3n) is 6.33. The molecular formula is C30H39NO6. The van der Waals surface area contributed by atoms with Crippen LogP contribution in [0.3, 0.4) is 0 Å². The van der Waals surface area contributed by atoms with Crippen molar-refractivity contribution < 1.29 is 28.9 Å². The predicted molar refractivity (Wildman–Crippen MR) is 144 cm³/mol. The molecule has 7 heteroatoms. The van der Waals surface area contributed by atoms with E-state index in [0.29, 0.717) is 43.1 Å². The lowest BCUT2D eigenvalue weighted by atomic mass is 9.84. The number of carbonyl (C=O) groups is 2. The molecule has 1 aliphatic rings. The molecule has 2 aromatic rings. The average molecular weight is 510 g/mol. The molecule has 0 aliphatic carbocycles. The molecule has 0 radical (unpaired) electrons. The molecule has 1 unspecified atom stereocenters. The van der Waals surface area contributed by atoms with E-state index in [1.54, 1.807) is 25.3 Å². The number of ketones is 1. The molecule has 0 aromatic heterocycles. The van der Waals surface area contributed by atoms with Gasteiger partial charge in [-0.3, -0.25) is 9.59 Å². The summed E-state index contributed by atoms with van der Waals surface area (Å²) in [5.74, 6) is -0.332. The molecule has 1 fully saturated rings. The van der Waals surface area contributed by atoms with Crippen molar-refractivity contribution in [3.05, 3.63) is 64.7 Å². The van der Waals surface area contributed by atoms with E-state index in [1.807, 2.05) is 45.0 Å². The van der Waals surface area contributed by atoms with Crippen LogP contribution in [-0.2, 0) is 19.7 Å². The number of hydrogen-bond acceptors (Lipinski definition) is 6. The molecule has 0 spiro atoms. The van der Waals surface area contributed by atoms with E-state index in [0.717, 1.165) is 11.3 Å². The lowest BCUT2D eigenvalue weighted by Crippen LogP contribution is -2.31. The van der Waals surface area contributed by atoms with Crippen molar-refractivity contribution in [3.63, 3.8) is 0 Å². The zero-order chi connectivity index (χ0) is 27.3. The van der Waals surface area contributed by atoms with Crippen LogP contribution < -0.4 is 9.47 Å². The number of benzene rings is 2. The van der Waals surface area contributed by atoms with E-state index in [1.165, 1.54) is 4.90 Å². The molecule has 200 valence electrons. The second-order valence-corrected chi connectivity index (χ2v) is 10.4. The Balaban J connectivity index is 2.16. The number of aliphatic hydroxyl groups is 1. The molecule has 1 saturated heterocycles. The Labute approximate surface area is 220 Å². The van der Waals surface area contributed by atoms with Gasteiger partial charge in [0, 0.05) is 29.8 Å². The normalized spacial score (nSPS) is 17.5. The van der Waals surface area contributed by atoms with Gasteiger partial charge in [0.1, 0.15) is 17.3 Å². The maximum Gasteiger partial charge on any atom is 0.295 e. The van der Waals surface area contributed by atoms with Gasteiger partial charge in [0.25, 0.3) is 11.7 Å². The van der Waals surface area contributed by atoms with E-state index in [-0.39, 0.29) is 22.9 Å². The summed E-state index contributed by atoms with van der Waals surface area (Å²) in [4.78, 5) is 28.2. The second-order valence-electron chi connectivity index (χ2n) is 10.4. The second kappa shape index (κ2) is 11.8. The molecule has 1 aliphatic heterocycles. The molecule has 1 N–H and O–H groups in total. The topological polar surface area (TPSA) is 85.3 Å². The smallest absolute Gasteiger partial charge is 0.295 e. The summed E-state index contributed by atoms with van der Waals surface area (Å²) in [5.41, 5.74) is 1.76. The van der Waals surface area contributed by atoms with Gasteiger partial charge in [0.2, 0.25) is 0 Å². The summed E-state index contributed by atoms with van der Waals surface area (Å²) < 4.78 is 17.0. The number of ether oxygens (including phenoxy) is 3. The molecule has 1 heterocycles. The summed E-state index contributed by atoms with van der Waals surface area (Å²) in [5, 5.41) is 11.6. The number of Topliss-reactive ketones (excluding diaryl/α,β-unsaturated/α-hetero) is 1. The highest BCUT2D eigenvalue weighted by atomic mass is 16.5. The summed E-state index contributed by atoms with van der Waals surface area (Å²) in [7, 11) is 1.55. The number of likely N-dealkylation sites (tertiary alicyclic amines) is 1. The minimum Gasteiger partial charge on any atom is -0.507 e. The Hall–Kier alpha value is -3.32. The maximum absolute atomic E-state index is 13.4. The summed E-state index contributed by atoms with van der Waals surface area (Å²) in [6.07, 6.45) is 0.616. The average Bonchev–Trinajstić information content (AvgIpc) is 3.10. The van der Waals surface area contributed by atoms with Crippen molar-refractivity contribution in [1.82, 2.24) is 4.90 Å². The fourth-order valence-electron chi connectivity index (χ4n) is 4.58. The van der Waals surface area contributed by atoms with Gasteiger partial charge in [-0.2, -0.15) is 0 Å². The summed E-state index contributed by atoms with van der Waals surface area (Å²) >= 11 is 0. The van der Waals surface area contributed by atoms with Crippen LogP contribution in [0, 0.1) is 0 Å². The molecular weight excluding hydrogens is 470 g/mol. The Morgan fingerprint density at radius 2 is 1.78 bits per heavy atom. The first-order valence-electron chi connectivity index (χ1n) is 12.8. The van der Waals surface area contributed by atoms with E-state index in [9.17, 15) is 14.7 Å². The zero-order valence-electron chi connectivity index (χ0n) is 23.0. The Morgan fingerprint density at radius 1 is 1.08 bits per heavy atom. The number of nitrogens with zero attached hydrogens (tertiary/aromatic N) is 1. The van der Waals surface area contributed by atoms with Crippen molar-refractivity contribution in [2.24, 2.45) is 0 Å². The molecule has 1 amide bonds. The number of aliphatic hydroxyl groups excluding tert-OH is 1. The quantitative estimate of drug-likeness (QED) is 0.193. The number of para-hydroxylation sites is 1. The van der Waals surface area contributed by atoms with Gasteiger partial charge in [-0.1, -0.05) is 39.0 Å². The third kappa shape index (κ3) is 6.16. The highest BCUT2D eigenvalue weighted by Gasteiger charge is 2.46. The largest absolute Gasteiger partial charge is 0.507 e. The van der Waals surface area contributed by atoms with E-state index in [2.05, 4.69) is 20.8 Å². The van der Waals surface area contributed by atoms with Gasteiger partial charge in [-0.05, 0) is 56.9 Å². The monoisotopic (exact) mass is 509 g/mol. The maximum atomic E-state index is 13.4. The molecule has 7 nitrogen and oxygen atoms in total. The van der Waals surface area contributed by atoms with Gasteiger partial charge in [-0.25, -0.2) is 0 Å². The molecule has 0 saturated carbocycles. The van der Waals surface area contributed by atoms with Gasteiger partial charge in [-0.15, -0.1) is 0 Å². The van der Waals surface area contributed by atoms with E-state index < -0.39 is 17.7 Å². The molecule has 0 bridgehead atoms. The first-order valence-corrected chi connectivity index (χ1v) is 12.8. The van der Waals surface area contributed by atoms with Crippen molar-refractivity contribution in [2.45, 2.75) is 65.5 Å². The van der Waals surface area contributed by atoms with Crippen LogP contribution in [0.25, 0.3) is 5.76 Å². The number of hydrogen-bond donors (Lipinski definition) is 1. The van der Waals surface area contributed by atoms with Crippen molar-refractivity contribution in [2.75, 3.05) is 26.9 Å². The summed E-state index contributed by atoms with van der Waals surface area (Å²) in [6, 6.07) is 11.8. The fourth-order valence-corrected chi connectivity index (χ4v) is 4.58. The standard InChI is InChI=1S/C30H39NO6/c1-8-36-24-15-14-20(18-22(24)30(4,5)6)27(32)25-26(21-12-9-10-13-23(21)35-7)31(29(34)28(25)33)16-11-17-37-19(2)3/h9-10,12-15,18-19,26,32H,8,11,16-17H2,1-7H3/b27-25+. The first kappa shape index (κ1) is 28.3. The number of rotatable bonds is 10. The van der Waals surface area contributed by atoms with Crippen molar-refractivity contribution in [3.8, 4) is 11.5 Å². The first-order chi connectivity index (χ1) is 17.5. The van der Waals surface area contributed by atoms with Gasteiger partial charge >= 0.3 is 0 Å². The molecule has 1 atom stereocenters. The highest BCUT2D eigenvalue weighted by Crippen LogP contribution is 2.43. The Morgan fingerprint density at radius 3 is 2.41 bits per heavy atom. The lowest BCUT2D eigenvalue weighted by molar-refractivity contribution is -0.140. The predicted octanol–water partition coefficient (Wildman–Crippen LogP) is 5.63. The van der Waals surface area contributed by atoms with Crippen LogP contribution in [0.4, 0.5) is 0 Å². The van der Waals surface area contributed by atoms with Crippen molar-refractivity contribution in [1.29, 1.82) is 0 Å². The minimum absolute atomic E-state index is 0.0447. The molecule has 37 heavy (non-hydrogen) atoms. The molecule has 3 rings (SSSR count). The SMILES string of the molecule is CCOc1ccc(/C(O)=C2\C(=O)C(=O)N(CCCOC(C)C)C2c2ccccc2OC)cc1C(C)(C)C. The zero-order valence-corrected chi connectivity index (χ0v) is 23.0. The third-order valence-corrected chi connectivity index (χ3v) is 6.33. The highest BCUT2D eigenvalue weighted by molar-refractivity contribution is 6.46. The minimum atomic E-state index is -0.792. The Bertz CT molecular complexity index is 1160. The number of amides is 1. The fraction of sp³-hybridized carbons (Fsp3) is 0.467. The van der Waals surface area contributed by atoms with Crippen LogP contribution in [0.15, 0.2) is 48.0 Å². The van der Waals surface area contributed by atoms with Gasteiger partial charge < -0.3 is 24.2 Å². The van der Waals surface area contributed by atoms with Crippen LogP contribution in [0.2, 0.25) is 0 Å². The van der Waals surface area contributed by atoms with Crippen molar-refractivity contribution >= 4 is 17.4 Å². The Kier molecular flexibility index (Phi) is 9.02. The van der Waals surface area contributed by atoms with Gasteiger partial charge in [0.15, 0.2) is 0 Å². The number of methoxy groups -OCH3 is 1. The van der Waals surface area contributed by atoms with Crippen LogP contribution >= 0.6 is 0 Å². The van der Waals surface area contributed by atoms with Gasteiger partial charge in [0.05, 0.1) is 31.4 Å². The van der Waals surface area contributed by atoms with Crippen LogP contribution in [0.1, 0.15) is 70.7 Å². The van der Waals surface area contributed by atoms with E-state index >= 15 is 0 Å². The van der Waals surface area contributed by atoms with Crippen LogP contribution in [-0.4, -0.2) is 54.7 Å². The molecule has 2 aromatic carbocycles.